The van der Waals surface area contributed by atoms with Crippen LogP contribution >= 0.6 is 23.2 Å². The smallest absolute Gasteiger partial charge is 0.347 e. The van der Waals surface area contributed by atoms with E-state index in [9.17, 15) is 9.59 Å². The van der Waals surface area contributed by atoms with Crippen LogP contribution in [-0.2, 0) is 0 Å². The topological polar surface area (TPSA) is 52.6 Å². The highest BCUT2D eigenvalue weighted by molar-refractivity contribution is 6.36. The Morgan fingerprint density at radius 2 is 1.87 bits per heavy atom. The SMILES string of the molecule is CC(C)Oc1ccccc1C(=O)Oc1c(Cl)cc(Cl)cc1C=O. The van der Waals surface area contributed by atoms with Crippen LogP contribution in [0.5, 0.6) is 11.5 Å². The van der Waals surface area contributed by atoms with Crippen LogP contribution in [0.2, 0.25) is 10.0 Å². The number of rotatable bonds is 5. The summed E-state index contributed by atoms with van der Waals surface area (Å²) in [4.78, 5) is 23.5. The predicted octanol–water partition coefficient (Wildman–Crippen LogP) is 4.81. The first kappa shape index (κ1) is 17.3. The third-order valence-corrected chi connectivity index (χ3v) is 3.33. The molecule has 0 amide bonds. The lowest BCUT2D eigenvalue weighted by Crippen LogP contribution is -2.14. The second kappa shape index (κ2) is 7.49. The second-order valence-electron chi connectivity index (χ2n) is 4.98. The number of hydrogen-bond donors (Lipinski definition) is 0. The summed E-state index contributed by atoms with van der Waals surface area (Å²) in [5, 5.41) is 0.357. The Labute approximate surface area is 143 Å². The molecule has 0 atom stereocenters. The van der Waals surface area contributed by atoms with Crippen LogP contribution < -0.4 is 9.47 Å². The summed E-state index contributed by atoms with van der Waals surface area (Å²) in [5.41, 5.74) is 0.335. The van der Waals surface area contributed by atoms with Crippen molar-refractivity contribution in [2.75, 3.05) is 0 Å². The minimum atomic E-state index is -0.673. The molecule has 2 aromatic carbocycles. The van der Waals surface area contributed by atoms with E-state index in [4.69, 9.17) is 32.7 Å². The predicted molar refractivity (Wildman–Crippen MR) is 89.0 cm³/mol. The molecule has 0 bridgehead atoms. The van der Waals surface area contributed by atoms with Crippen molar-refractivity contribution in [1.29, 1.82) is 0 Å². The lowest BCUT2D eigenvalue weighted by atomic mass is 10.2. The van der Waals surface area contributed by atoms with Gasteiger partial charge in [0.05, 0.1) is 16.7 Å². The molecule has 23 heavy (non-hydrogen) atoms. The first-order valence-corrected chi connectivity index (χ1v) is 7.60. The molecule has 0 aliphatic heterocycles. The van der Waals surface area contributed by atoms with E-state index in [-0.39, 0.29) is 33.0 Å². The van der Waals surface area contributed by atoms with E-state index in [1.807, 2.05) is 13.8 Å². The fraction of sp³-hybridized carbons (Fsp3) is 0.176. The van der Waals surface area contributed by atoms with Gasteiger partial charge in [-0.1, -0.05) is 35.3 Å². The molecule has 0 unspecified atom stereocenters. The summed E-state index contributed by atoms with van der Waals surface area (Å²) in [7, 11) is 0. The summed E-state index contributed by atoms with van der Waals surface area (Å²) in [6.07, 6.45) is 0.422. The molecule has 0 aliphatic carbocycles. The molecule has 0 radical (unpaired) electrons. The minimum absolute atomic E-state index is 0.0320. The number of hydrogen-bond acceptors (Lipinski definition) is 4. The number of ether oxygens (including phenoxy) is 2. The number of esters is 1. The van der Waals surface area contributed by atoms with E-state index >= 15 is 0 Å². The van der Waals surface area contributed by atoms with Crippen LogP contribution in [0.3, 0.4) is 0 Å². The van der Waals surface area contributed by atoms with Gasteiger partial charge >= 0.3 is 5.97 Å². The number of benzene rings is 2. The molecule has 0 fully saturated rings. The molecular weight excluding hydrogens is 339 g/mol. The standard InChI is InChI=1S/C17H14Cl2O4/c1-10(2)22-15-6-4-3-5-13(15)17(21)23-16-11(9-20)7-12(18)8-14(16)19/h3-10H,1-2H3. The molecule has 0 saturated heterocycles. The van der Waals surface area contributed by atoms with Crippen LogP contribution in [0.4, 0.5) is 0 Å². The quantitative estimate of drug-likeness (QED) is 0.440. The average Bonchev–Trinajstić information content (AvgIpc) is 2.49. The van der Waals surface area contributed by atoms with E-state index in [1.165, 1.54) is 12.1 Å². The monoisotopic (exact) mass is 352 g/mol. The Morgan fingerprint density at radius 3 is 2.52 bits per heavy atom. The van der Waals surface area contributed by atoms with E-state index in [2.05, 4.69) is 0 Å². The maximum absolute atomic E-state index is 12.4. The highest BCUT2D eigenvalue weighted by Gasteiger charge is 2.19. The normalized spacial score (nSPS) is 10.5. The summed E-state index contributed by atoms with van der Waals surface area (Å²) >= 11 is 11.9. The Bertz CT molecular complexity index is 741. The molecule has 0 N–H and O–H groups in total. The third kappa shape index (κ3) is 4.24. The molecule has 2 rings (SSSR count). The maximum atomic E-state index is 12.4. The molecule has 2 aromatic rings. The third-order valence-electron chi connectivity index (χ3n) is 2.83. The number of halogens is 2. The first-order valence-electron chi connectivity index (χ1n) is 6.84. The van der Waals surface area contributed by atoms with Crippen LogP contribution in [0.25, 0.3) is 0 Å². The van der Waals surface area contributed by atoms with Gasteiger partial charge in [0.25, 0.3) is 0 Å². The van der Waals surface area contributed by atoms with Crippen molar-refractivity contribution in [2.24, 2.45) is 0 Å². The molecular formula is C17H14Cl2O4. The maximum Gasteiger partial charge on any atom is 0.347 e. The van der Waals surface area contributed by atoms with Gasteiger partial charge in [-0.05, 0) is 38.1 Å². The summed E-state index contributed by atoms with van der Waals surface area (Å²) < 4.78 is 10.9. The van der Waals surface area contributed by atoms with E-state index in [0.29, 0.717) is 12.0 Å². The highest BCUT2D eigenvalue weighted by Crippen LogP contribution is 2.33. The molecule has 0 saturated carbocycles. The van der Waals surface area contributed by atoms with E-state index in [1.54, 1.807) is 24.3 Å². The molecule has 0 aliphatic rings. The Hall–Kier alpha value is -2.04. The van der Waals surface area contributed by atoms with Crippen LogP contribution in [-0.4, -0.2) is 18.4 Å². The molecule has 6 heteroatoms. The van der Waals surface area contributed by atoms with Gasteiger partial charge in [0.15, 0.2) is 12.0 Å². The fourth-order valence-electron chi connectivity index (χ4n) is 1.92. The van der Waals surface area contributed by atoms with E-state index < -0.39 is 5.97 Å². The van der Waals surface area contributed by atoms with Crippen molar-refractivity contribution in [3.8, 4) is 11.5 Å². The van der Waals surface area contributed by atoms with Crippen molar-refractivity contribution in [1.82, 2.24) is 0 Å². The number of para-hydroxylation sites is 1. The van der Waals surface area contributed by atoms with E-state index in [0.717, 1.165) is 0 Å². The lowest BCUT2D eigenvalue weighted by Gasteiger charge is -2.14. The minimum Gasteiger partial charge on any atom is -0.490 e. The second-order valence-corrected chi connectivity index (χ2v) is 5.82. The fourth-order valence-corrected chi connectivity index (χ4v) is 2.46. The van der Waals surface area contributed by atoms with Gasteiger partial charge in [0, 0.05) is 5.02 Å². The number of carbonyl (C=O) groups is 2. The van der Waals surface area contributed by atoms with Gasteiger partial charge in [-0.3, -0.25) is 4.79 Å². The van der Waals surface area contributed by atoms with Crippen molar-refractivity contribution in [3.63, 3.8) is 0 Å². The first-order chi connectivity index (χ1) is 10.9. The van der Waals surface area contributed by atoms with Crippen molar-refractivity contribution < 1.29 is 19.1 Å². The van der Waals surface area contributed by atoms with Gasteiger partial charge in [0.1, 0.15) is 11.3 Å². The summed E-state index contributed by atoms with van der Waals surface area (Å²) in [6.45, 7) is 3.70. The highest BCUT2D eigenvalue weighted by atomic mass is 35.5. The van der Waals surface area contributed by atoms with Crippen molar-refractivity contribution >= 4 is 35.5 Å². The Morgan fingerprint density at radius 1 is 1.17 bits per heavy atom. The zero-order chi connectivity index (χ0) is 17.0. The molecule has 0 spiro atoms. The lowest BCUT2D eigenvalue weighted by molar-refractivity contribution is 0.0727. The zero-order valence-electron chi connectivity index (χ0n) is 12.5. The summed E-state index contributed by atoms with van der Waals surface area (Å²) in [5.74, 6) is -0.311. The largest absolute Gasteiger partial charge is 0.490 e. The van der Waals surface area contributed by atoms with Gasteiger partial charge in [-0.15, -0.1) is 0 Å². The molecule has 0 heterocycles. The molecule has 120 valence electrons. The van der Waals surface area contributed by atoms with Gasteiger partial charge in [-0.2, -0.15) is 0 Å². The molecule has 4 nitrogen and oxygen atoms in total. The Balaban J connectivity index is 2.36. The van der Waals surface area contributed by atoms with Crippen LogP contribution in [0.15, 0.2) is 36.4 Å². The van der Waals surface area contributed by atoms with Crippen LogP contribution in [0.1, 0.15) is 34.6 Å². The van der Waals surface area contributed by atoms with Crippen molar-refractivity contribution in [3.05, 3.63) is 57.6 Å². The average molecular weight is 353 g/mol. The number of carbonyl (C=O) groups excluding carboxylic acids is 2. The van der Waals surface area contributed by atoms with Crippen molar-refractivity contribution in [2.45, 2.75) is 20.0 Å². The zero-order valence-corrected chi connectivity index (χ0v) is 14.0. The van der Waals surface area contributed by atoms with Gasteiger partial charge in [-0.25, -0.2) is 4.79 Å². The van der Waals surface area contributed by atoms with Crippen LogP contribution in [0, 0.1) is 0 Å². The van der Waals surface area contributed by atoms with Gasteiger partial charge in [0.2, 0.25) is 0 Å². The van der Waals surface area contributed by atoms with Gasteiger partial charge < -0.3 is 9.47 Å². The number of aldehydes is 1. The summed E-state index contributed by atoms with van der Waals surface area (Å²) in [6, 6.07) is 9.45. The Kier molecular flexibility index (Phi) is 5.64. The molecule has 0 aromatic heterocycles.